The van der Waals surface area contributed by atoms with Crippen LogP contribution in [0, 0.1) is 5.41 Å². The zero-order chi connectivity index (χ0) is 23.3. The highest BCUT2D eigenvalue weighted by Gasteiger charge is 2.42. The molecular formula is C27H36N4O2. The Morgan fingerprint density at radius 2 is 1.45 bits per heavy atom. The Balaban J connectivity index is 1.37. The van der Waals surface area contributed by atoms with E-state index in [4.69, 9.17) is 0 Å². The summed E-state index contributed by atoms with van der Waals surface area (Å²) in [5.74, 6) is 0.182. The van der Waals surface area contributed by atoms with Gasteiger partial charge in [0.1, 0.15) is 6.04 Å². The Labute approximate surface area is 197 Å². The second-order valence-electron chi connectivity index (χ2n) is 9.66. The predicted octanol–water partition coefficient (Wildman–Crippen LogP) is 2.75. The zero-order valence-electron chi connectivity index (χ0n) is 19.9. The highest BCUT2D eigenvalue weighted by Crippen LogP contribution is 2.34. The molecular weight excluding hydrogens is 412 g/mol. The van der Waals surface area contributed by atoms with E-state index in [1.165, 1.54) is 11.1 Å². The first kappa shape index (κ1) is 23.5. The van der Waals surface area contributed by atoms with Crippen LogP contribution in [-0.2, 0) is 22.7 Å². The van der Waals surface area contributed by atoms with Crippen LogP contribution in [0.5, 0.6) is 0 Å². The number of carbonyl (C=O) groups excluding carboxylic acids is 2. The maximum atomic E-state index is 13.6. The molecule has 2 amide bonds. The van der Waals surface area contributed by atoms with Gasteiger partial charge in [0, 0.05) is 45.2 Å². The van der Waals surface area contributed by atoms with E-state index in [-0.39, 0.29) is 23.3 Å². The summed E-state index contributed by atoms with van der Waals surface area (Å²) in [7, 11) is 1.67. The highest BCUT2D eigenvalue weighted by molar-refractivity contribution is 5.86. The largest absolute Gasteiger partial charge is 0.358 e. The molecule has 2 fully saturated rings. The summed E-state index contributed by atoms with van der Waals surface area (Å²) in [6.07, 6.45) is 1.71. The lowest BCUT2D eigenvalue weighted by atomic mass is 9.78. The lowest BCUT2D eigenvalue weighted by molar-refractivity contribution is -0.149. The molecule has 0 aliphatic carbocycles. The number of rotatable bonds is 6. The van der Waals surface area contributed by atoms with Crippen molar-refractivity contribution in [2.75, 3.05) is 39.8 Å². The first-order valence-corrected chi connectivity index (χ1v) is 12.0. The summed E-state index contributed by atoms with van der Waals surface area (Å²) in [6.45, 7) is 7.43. The fourth-order valence-corrected chi connectivity index (χ4v) is 5.07. The Morgan fingerprint density at radius 1 is 0.879 bits per heavy atom. The third-order valence-corrected chi connectivity index (χ3v) is 7.28. The van der Waals surface area contributed by atoms with Crippen LogP contribution in [0.4, 0.5) is 0 Å². The molecule has 2 aromatic rings. The third kappa shape index (κ3) is 5.63. The molecule has 0 aromatic heterocycles. The molecule has 1 atom stereocenters. The third-order valence-electron chi connectivity index (χ3n) is 7.28. The van der Waals surface area contributed by atoms with Crippen molar-refractivity contribution in [3.05, 3.63) is 71.8 Å². The second kappa shape index (κ2) is 10.5. The second-order valence-corrected chi connectivity index (χ2v) is 9.66. The molecule has 6 heteroatoms. The minimum absolute atomic E-state index is 0.0220. The van der Waals surface area contributed by atoms with Crippen LogP contribution in [-0.4, -0.2) is 72.3 Å². The Morgan fingerprint density at radius 3 is 2.03 bits per heavy atom. The molecule has 2 aromatic carbocycles. The van der Waals surface area contributed by atoms with Crippen molar-refractivity contribution in [2.45, 2.75) is 38.9 Å². The van der Waals surface area contributed by atoms with Crippen molar-refractivity contribution in [2.24, 2.45) is 5.41 Å². The van der Waals surface area contributed by atoms with E-state index in [9.17, 15) is 9.59 Å². The first-order valence-electron chi connectivity index (χ1n) is 12.0. The molecule has 0 radical (unpaired) electrons. The molecule has 1 unspecified atom stereocenters. The first-order chi connectivity index (χ1) is 16.0. The van der Waals surface area contributed by atoms with Crippen molar-refractivity contribution in [3.63, 3.8) is 0 Å². The molecule has 2 heterocycles. The molecule has 33 heavy (non-hydrogen) atoms. The van der Waals surface area contributed by atoms with Gasteiger partial charge in [-0.2, -0.15) is 0 Å². The quantitative estimate of drug-likeness (QED) is 0.738. The predicted molar refractivity (Wildman–Crippen MR) is 130 cm³/mol. The maximum Gasteiger partial charge on any atom is 0.238 e. The topological polar surface area (TPSA) is 55.9 Å². The van der Waals surface area contributed by atoms with E-state index in [0.29, 0.717) is 26.2 Å². The number of piperidine rings is 1. The van der Waals surface area contributed by atoms with E-state index >= 15 is 0 Å². The van der Waals surface area contributed by atoms with E-state index in [2.05, 4.69) is 58.4 Å². The molecule has 0 saturated carbocycles. The lowest BCUT2D eigenvalue weighted by Crippen LogP contribution is -2.61. The van der Waals surface area contributed by atoms with Crippen LogP contribution < -0.4 is 5.32 Å². The number of piperazine rings is 1. The summed E-state index contributed by atoms with van der Waals surface area (Å²) in [5, 5.41) is 2.80. The SMILES string of the molecule is CNC(=O)C1CN(C(=O)C2(C)CCN(Cc3ccccc3)CC2)CCN1Cc1ccccc1. The number of hydrogen-bond donors (Lipinski definition) is 1. The summed E-state index contributed by atoms with van der Waals surface area (Å²) in [5.41, 5.74) is 2.14. The Kier molecular flexibility index (Phi) is 7.46. The van der Waals surface area contributed by atoms with Gasteiger partial charge in [0.2, 0.25) is 11.8 Å². The van der Waals surface area contributed by atoms with E-state index < -0.39 is 0 Å². The van der Waals surface area contributed by atoms with Crippen LogP contribution in [0.15, 0.2) is 60.7 Å². The molecule has 6 nitrogen and oxygen atoms in total. The maximum absolute atomic E-state index is 13.6. The summed E-state index contributed by atoms with van der Waals surface area (Å²) < 4.78 is 0. The smallest absolute Gasteiger partial charge is 0.238 e. The van der Waals surface area contributed by atoms with Crippen LogP contribution in [0.25, 0.3) is 0 Å². The summed E-state index contributed by atoms with van der Waals surface area (Å²) >= 11 is 0. The molecule has 176 valence electrons. The van der Waals surface area contributed by atoms with Gasteiger partial charge in [-0.3, -0.25) is 19.4 Å². The monoisotopic (exact) mass is 448 g/mol. The minimum atomic E-state index is -0.359. The molecule has 2 aliphatic heterocycles. The highest BCUT2D eigenvalue weighted by atomic mass is 16.2. The van der Waals surface area contributed by atoms with Crippen molar-refractivity contribution in [1.82, 2.24) is 20.0 Å². The van der Waals surface area contributed by atoms with Gasteiger partial charge in [-0.15, -0.1) is 0 Å². The summed E-state index contributed by atoms with van der Waals surface area (Å²) in [4.78, 5) is 32.9. The van der Waals surface area contributed by atoms with Crippen molar-refractivity contribution in [1.29, 1.82) is 0 Å². The van der Waals surface area contributed by atoms with Crippen molar-refractivity contribution in [3.8, 4) is 0 Å². The summed E-state index contributed by atoms with van der Waals surface area (Å²) in [6, 6.07) is 20.4. The van der Waals surface area contributed by atoms with Gasteiger partial charge < -0.3 is 10.2 Å². The Hall–Kier alpha value is -2.70. The lowest BCUT2D eigenvalue weighted by Gasteiger charge is -2.45. The van der Waals surface area contributed by atoms with Crippen LogP contribution in [0.2, 0.25) is 0 Å². The fourth-order valence-electron chi connectivity index (χ4n) is 5.07. The normalized spacial score (nSPS) is 21.5. The Bertz CT molecular complexity index is 926. The zero-order valence-corrected chi connectivity index (χ0v) is 19.9. The number of carbonyl (C=O) groups is 2. The minimum Gasteiger partial charge on any atom is -0.358 e. The average Bonchev–Trinajstić information content (AvgIpc) is 2.86. The number of nitrogens with zero attached hydrogens (tertiary/aromatic N) is 3. The van der Waals surface area contributed by atoms with E-state index in [0.717, 1.165) is 32.5 Å². The molecule has 4 rings (SSSR count). The van der Waals surface area contributed by atoms with Gasteiger partial charge >= 0.3 is 0 Å². The molecule has 0 bridgehead atoms. The van der Waals surface area contributed by atoms with Gasteiger partial charge in [0.25, 0.3) is 0 Å². The van der Waals surface area contributed by atoms with E-state index in [1.54, 1.807) is 7.05 Å². The van der Waals surface area contributed by atoms with Gasteiger partial charge in [-0.05, 0) is 37.1 Å². The molecule has 2 aliphatic rings. The van der Waals surface area contributed by atoms with E-state index in [1.807, 2.05) is 29.2 Å². The number of hydrogen-bond acceptors (Lipinski definition) is 4. The van der Waals surface area contributed by atoms with Crippen molar-refractivity contribution >= 4 is 11.8 Å². The van der Waals surface area contributed by atoms with Crippen LogP contribution in [0.1, 0.15) is 30.9 Å². The molecule has 2 saturated heterocycles. The number of likely N-dealkylation sites (N-methyl/N-ethyl adjacent to an activating group) is 1. The van der Waals surface area contributed by atoms with Crippen LogP contribution in [0.3, 0.4) is 0 Å². The number of nitrogens with one attached hydrogen (secondary N) is 1. The molecule has 1 N–H and O–H groups in total. The van der Waals surface area contributed by atoms with Gasteiger partial charge in [0.05, 0.1) is 0 Å². The van der Waals surface area contributed by atoms with Gasteiger partial charge in [-0.1, -0.05) is 67.6 Å². The van der Waals surface area contributed by atoms with Gasteiger partial charge in [0.15, 0.2) is 0 Å². The van der Waals surface area contributed by atoms with Crippen molar-refractivity contribution < 1.29 is 9.59 Å². The number of benzene rings is 2. The molecule has 0 spiro atoms. The number of amides is 2. The standard InChI is InChI=1S/C27H36N4O2/c1-27(13-15-29(16-14-27)19-22-9-5-3-6-10-22)26(33)31-18-17-30(24(21-31)25(32)28-2)20-23-11-7-4-8-12-23/h3-12,24H,13-21H2,1-2H3,(H,28,32). The van der Waals surface area contributed by atoms with Gasteiger partial charge in [-0.25, -0.2) is 0 Å². The van der Waals surface area contributed by atoms with Crippen LogP contribution >= 0.6 is 0 Å². The fraction of sp³-hybridized carbons (Fsp3) is 0.481. The average molecular weight is 449 g/mol. The number of likely N-dealkylation sites (tertiary alicyclic amines) is 1.